The van der Waals surface area contributed by atoms with Gasteiger partial charge in [0.25, 0.3) is 0 Å². The van der Waals surface area contributed by atoms with Gasteiger partial charge >= 0.3 is 0 Å². The van der Waals surface area contributed by atoms with Crippen LogP contribution >= 0.6 is 0 Å². The summed E-state index contributed by atoms with van der Waals surface area (Å²) in [4.78, 5) is 15.2. The van der Waals surface area contributed by atoms with Gasteiger partial charge in [0, 0.05) is 33.4 Å². The molecule has 9 rings (SSSR count). The molecule has 216 valence electrons. The molecule has 3 saturated carbocycles. The van der Waals surface area contributed by atoms with Gasteiger partial charge in [-0.2, -0.15) is 0 Å². The molecular weight excluding hydrogens is 526 g/mol. The molecular formula is C39H39N3O. The molecule has 4 aliphatic rings. The van der Waals surface area contributed by atoms with Crippen LogP contribution in [-0.4, -0.2) is 15.0 Å². The molecule has 4 nitrogen and oxygen atoms in total. The lowest BCUT2D eigenvalue weighted by Gasteiger charge is -2.47. The van der Waals surface area contributed by atoms with Crippen LogP contribution in [0.1, 0.15) is 88.6 Å². The van der Waals surface area contributed by atoms with Gasteiger partial charge in [-0.05, 0) is 91.5 Å². The van der Waals surface area contributed by atoms with Crippen LogP contribution < -0.4 is 0 Å². The zero-order valence-electron chi connectivity index (χ0n) is 25.4. The third kappa shape index (κ3) is 4.63. The van der Waals surface area contributed by atoms with Gasteiger partial charge in [0.1, 0.15) is 17.0 Å². The number of hydrogen-bond acceptors (Lipinski definition) is 4. The standard InChI is InChI=1S/C39H39N3O/c1-38(2,3)32-23-28(37-41-35(26-10-6-4-7-11-26)40-36(42-37)27-12-8-5-9-13-27)22-31-30-24-29(14-15-33(30)43-34(31)32)39-19-16-25(17-20-39)18-21-39/h4-12,14-15,22-25,27H,13,16-21H2,1-3H3. The summed E-state index contributed by atoms with van der Waals surface area (Å²) in [6.45, 7) is 6.78. The zero-order valence-corrected chi connectivity index (χ0v) is 25.4. The molecule has 1 unspecified atom stereocenters. The van der Waals surface area contributed by atoms with Crippen molar-refractivity contribution in [1.82, 2.24) is 15.0 Å². The van der Waals surface area contributed by atoms with Crippen LogP contribution in [0.5, 0.6) is 0 Å². The summed E-state index contributed by atoms with van der Waals surface area (Å²) in [6.07, 6.45) is 17.5. The van der Waals surface area contributed by atoms with Crippen molar-refractivity contribution >= 4 is 21.9 Å². The average Bonchev–Trinajstić information content (AvgIpc) is 3.43. The Labute approximate surface area is 254 Å². The molecule has 5 aromatic rings. The van der Waals surface area contributed by atoms with E-state index in [1.165, 1.54) is 55.0 Å². The summed E-state index contributed by atoms with van der Waals surface area (Å²) in [5, 5.41) is 2.36. The zero-order chi connectivity index (χ0) is 29.2. The van der Waals surface area contributed by atoms with E-state index < -0.39 is 0 Å². The second-order valence-corrected chi connectivity index (χ2v) is 14.1. The number of benzene rings is 3. The van der Waals surface area contributed by atoms with Crippen molar-refractivity contribution in [3.63, 3.8) is 0 Å². The van der Waals surface area contributed by atoms with Crippen LogP contribution in [-0.2, 0) is 10.8 Å². The van der Waals surface area contributed by atoms with Gasteiger partial charge in [-0.15, -0.1) is 0 Å². The Balaban J connectivity index is 1.34. The van der Waals surface area contributed by atoms with Gasteiger partial charge < -0.3 is 4.42 Å². The fraction of sp³-hybridized carbons (Fsp3) is 0.359. The second kappa shape index (κ2) is 10.0. The molecule has 0 saturated heterocycles. The topological polar surface area (TPSA) is 51.8 Å². The third-order valence-electron chi connectivity index (χ3n) is 10.3. The number of rotatable bonds is 4. The van der Waals surface area contributed by atoms with Crippen LogP contribution in [0.4, 0.5) is 0 Å². The fourth-order valence-corrected chi connectivity index (χ4v) is 7.75. The van der Waals surface area contributed by atoms with Crippen molar-refractivity contribution in [3.05, 3.63) is 102 Å². The van der Waals surface area contributed by atoms with Crippen LogP contribution in [0.2, 0.25) is 0 Å². The van der Waals surface area contributed by atoms with Crippen molar-refractivity contribution in [1.29, 1.82) is 0 Å². The molecule has 4 heteroatoms. The lowest BCUT2D eigenvalue weighted by molar-refractivity contribution is 0.136. The number of allylic oxidation sites excluding steroid dienone is 4. The minimum atomic E-state index is -0.125. The molecule has 0 spiro atoms. The third-order valence-corrected chi connectivity index (χ3v) is 10.3. The molecule has 0 aliphatic heterocycles. The van der Waals surface area contributed by atoms with Gasteiger partial charge in [-0.1, -0.05) is 81.5 Å². The van der Waals surface area contributed by atoms with Gasteiger partial charge in [0.05, 0.1) is 0 Å². The molecule has 2 aromatic heterocycles. The van der Waals surface area contributed by atoms with E-state index in [9.17, 15) is 0 Å². The lowest BCUT2D eigenvalue weighted by Crippen LogP contribution is -2.37. The van der Waals surface area contributed by atoms with Crippen LogP contribution in [0, 0.1) is 5.92 Å². The quantitative estimate of drug-likeness (QED) is 0.217. The van der Waals surface area contributed by atoms with E-state index in [-0.39, 0.29) is 11.3 Å². The minimum Gasteiger partial charge on any atom is -0.456 e. The number of hydrogen-bond donors (Lipinski definition) is 0. The number of furan rings is 1. The predicted octanol–water partition coefficient (Wildman–Crippen LogP) is 10.2. The predicted molar refractivity (Wildman–Crippen MR) is 175 cm³/mol. The molecule has 43 heavy (non-hydrogen) atoms. The van der Waals surface area contributed by atoms with E-state index in [1.54, 1.807) is 0 Å². The van der Waals surface area contributed by atoms with Crippen molar-refractivity contribution in [2.45, 2.75) is 82.5 Å². The summed E-state index contributed by atoms with van der Waals surface area (Å²) in [6, 6.07) is 21.8. The van der Waals surface area contributed by atoms with E-state index in [4.69, 9.17) is 19.4 Å². The Bertz CT molecular complexity index is 1880. The normalized spacial score (nSPS) is 23.4. The second-order valence-electron chi connectivity index (χ2n) is 14.1. The van der Waals surface area contributed by atoms with Crippen LogP contribution in [0.25, 0.3) is 44.7 Å². The Kier molecular flexibility index (Phi) is 6.18. The SMILES string of the molecule is CC(C)(C)c1cc(-c2nc(-c3ccccc3)nc(C3C=CC=CC3)n2)cc2c1oc1ccc(C34CCC(CC3)CC4)cc12. The summed E-state index contributed by atoms with van der Waals surface area (Å²) in [7, 11) is 0. The summed E-state index contributed by atoms with van der Waals surface area (Å²) in [5.41, 5.74) is 6.83. The van der Waals surface area contributed by atoms with E-state index >= 15 is 0 Å². The monoisotopic (exact) mass is 565 g/mol. The Morgan fingerprint density at radius 2 is 1.51 bits per heavy atom. The summed E-state index contributed by atoms with van der Waals surface area (Å²) in [5.74, 6) is 3.32. The molecule has 3 fully saturated rings. The maximum atomic E-state index is 6.66. The van der Waals surface area contributed by atoms with Gasteiger partial charge in [0.2, 0.25) is 0 Å². The smallest absolute Gasteiger partial charge is 0.163 e. The number of fused-ring (bicyclic) bond motifs is 6. The maximum Gasteiger partial charge on any atom is 0.163 e. The highest BCUT2D eigenvalue weighted by Crippen LogP contribution is 2.52. The van der Waals surface area contributed by atoms with Crippen molar-refractivity contribution in [2.75, 3.05) is 0 Å². The Hall–Kier alpha value is -4.05. The lowest BCUT2D eigenvalue weighted by atomic mass is 9.58. The van der Waals surface area contributed by atoms with Crippen LogP contribution in [0.15, 0.2) is 89.4 Å². The van der Waals surface area contributed by atoms with Crippen LogP contribution in [0.3, 0.4) is 0 Å². The molecule has 2 bridgehead atoms. The molecule has 4 aliphatic carbocycles. The fourth-order valence-electron chi connectivity index (χ4n) is 7.75. The largest absolute Gasteiger partial charge is 0.456 e. The molecule has 2 heterocycles. The van der Waals surface area contributed by atoms with Crippen molar-refractivity contribution in [2.24, 2.45) is 5.92 Å². The van der Waals surface area contributed by atoms with E-state index in [0.29, 0.717) is 17.1 Å². The van der Waals surface area contributed by atoms with E-state index in [1.807, 2.05) is 18.2 Å². The first kappa shape index (κ1) is 26.6. The van der Waals surface area contributed by atoms with E-state index in [0.717, 1.165) is 45.8 Å². The van der Waals surface area contributed by atoms with Crippen molar-refractivity contribution < 1.29 is 4.42 Å². The van der Waals surface area contributed by atoms with Gasteiger partial charge in [-0.25, -0.2) is 15.0 Å². The first-order chi connectivity index (χ1) is 20.9. The average molecular weight is 566 g/mol. The van der Waals surface area contributed by atoms with Gasteiger partial charge in [-0.3, -0.25) is 0 Å². The molecule has 0 radical (unpaired) electrons. The first-order valence-corrected chi connectivity index (χ1v) is 16.0. The molecule has 0 amide bonds. The number of aromatic nitrogens is 3. The molecule has 3 aromatic carbocycles. The Morgan fingerprint density at radius 3 is 2.21 bits per heavy atom. The minimum absolute atomic E-state index is 0.125. The highest BCUT2D eigenvalue weighted by Gasteiger charge is 2.41. The first-order valence-electron chi connectivity index (χ1n) is 16.0. The Morgan fingerprint density at radius 1 is 0.767 bits per heavy atom. The summed E-state index contributed by atoms with van der Waals surface area (Å²) < 4.78 is 6.66. The number of nitrogens with zero attached hydrogens (tertiary/aromatic N) is 3. The molecule has 0 N–H and O–H groups in total. The van der Waals surface area contributed by atoms with Gasteiger partial charge in [0.15, 0.2) is 11.6 Å². The molecule has 1 atom stereocenters. The van der Waals surface area contributed by atoms with E-state index in [2.05, 4.69) is 87.5 Å². The summed E-state index contributed by atoms with van der Waals surface area (Å²) >= 11 is 0. The highest BCUT2D eigenvalue weighted by atomic mass is 16.3. The highest BCUT2D eigenvalue weighted by molar-refractivity contribution is 6.08. The maximum absolute atomic E-state index is 6.66. The van der Waals surface area contributed by atoms with Crippen molar-refractivity contribution in [3.8, 4) is 22.8 Å².